The number of amides is 1. The largest absolute Gasteiger partial charge is 0.481 e. The lowest BCUT2D eigenvalue weighted by atomic mass is 9.49. The molecule has 0 radical (unpaired) electrons. The summed E-state index contributed by atoms with van der Waals surface area (Å²) in [7, 11) is 0. The Kier molecular flexibility index (Phi) is 5.37. The van der Waals surface area contributed by atoms with Gasteiger partial charge in [0.15, 0.2) is 0 Å². The molecule has 1 fully saturated rings. The van der Waals surface area contributed by atoms with Crippen molar-refractivity contribution in [3.63, 3.8) is 0 Å². The van der Waals surface area contributed by atoms with Gasteiger partial charge in [0.1, 0.15) is 0 Å². The number of carboxylic acid groups (broad SMARTS) is 1. The van der Waals surface area contributed by atoms with Crippen molar-refractivity contribution in [3.05, 3.63) is 11.6 Å². The van der Waals surface area contributed by atoms with Crippen LogP contribution < -0.4 is 5.43 Å². The lowest BCUT2D eigenvalue weighted by Crippen LogP contribution is -2.48. The molecule has 0 heterocycles. The number of nitrogens with one attached hydrogen (secondary N) is 1. The first kappa shape index (κ1) is 16.7. The van der Waals surface area contributed by atoms with E-state index in [0.717, 1.165) is 18.8 Å². The molecule has 22 heavy (non-hydrogen) atoms. The monoisotopic (exact) mass is 306 g/mol. The van der Waals surface area contributed by atoms with Crippen LogP contribution in [0.15, 0.2) is 16.8 Å². The molecular formula is C17H26N2O3. The maximum atomic E-state index is 11.6. The molecule has 2 bridgehead atoms. The predicted octanol–water partition coefficient (Wildman–Crippen LogP) is 3.12. The van der Waals surface area contributed by atoms with Gasteiger partial charge in [-0.3, -0.25) is 9.59 Å². The Balaban J connectivity index is 1.64. The van der Waals surface area contributed by atoms with Gasteiger partial charge >= 0.3 is 5.97 Å². The number of aliphatic carboxylic acids is 1. The summed E-state index contributed by atoms with van der Waals surface area (Å²) in [5.74, 6) is 0.489. The highest BCUT2D eigenvalue weighted by Gasteiger charge is 2.50. The van der Waals surface area contributed by atoms with Crippen molar-refractivity contribution in [2.45, 2.75) is 58.8 Å². The van der Waals surface area contributed by atoms with Gasteiger partial charge in [-0.15, -0.1) is 0 Å². The number of carbonyl (C=O) groups is 2. The maximum Gasteiger partial charge on any atom is 0.303 e. The quantitative estimate of drug-likeness (QED) is 0.411. The SMILES string of the molecule is CC1(C)[C@H]2CC=C(/C=N\NC(=O)CCCCCC(=O)O)[C@@H]1C2. The standard InChI is InChI=1S/C17H26N2O3/c1-17(2)13-9-8-12(14(17)10-13)11-18-19-15(20)6-4-3-5-7-16(21)22/h8,11,13-14H,3-7,9-10H2,1-2H3,(H,19,20)(H,21,22)/b18-11-/t13-,14-/m0/s1. The summed E-state index contributed by atoms with van der Waals surface area (Å²) in [6.45, 7) is 4.62. The number of rotatable bonds is 8. The second-order valence-corrected chi connectivity index (χ2v) is 6.99. The molecule has 3 rings (SSSR count). The highest BCUT2D eigenvalue weighted by Crippen LogP contribution is 2.58. The summed E-state index contributed by atoms with van der Waals surface area (Å²) < 4.78 is 0. The minimum Gasteiger partial charge on any atom is -0.481 e. The fourth-order valence-corrected chi connectivity index (χ4v) is 3.52. The van der Waals surface area contributed by atoms with E-state index in [-0.39, 0.29) is 12.3 Å². The third-order valence-corrected chi connectivity index (χ3v) is 5.21. The molecule has 2 N–H and O–H groups in total. The summed E-state index contributed by atoms with van der Waals surface area (Å²) in [6.07, 6.45) is 9.04. The van der Waals surface area contributed by atoms with Crippen LogP contribution in [0.4, 0.5) is 0 Å². The van der Waals surface area contributed by atoms with Gasteiger partial charge in [0.25, 0.3) is 0 Å². The predicted molar refractivity (Wildman–Crippen MR) is 85.4 cm³/mol. The Labute approximate surface area is 131 Å². The molecule has 0 unspecified atom stereocenters. The average molecular weight is 306 g/mol. The van der Waals surface area contributed by atoms with Crippen LogP contribution in [0.3, 0.4) is 0 Å². The van der Waals surface area contributed by atoms with E-state index in [0.29, 0.717) is 30.6 Å². The highest BCUT2D eigenvalue weighted by molar-refractivity contribution is 5.83. The third-order valence-electron chi connectivity index (χ3n) is 5.21. The van der Waals surface area contributed by atoms with Gasteiger partial charge in [0, 0.05) is 12.8 Å². The maximum absolute atomic E-state index is 11.6. The van der Waals surface area contributed by atoms with E-state index >= 15 is 0 Å². The highest BCUT2D eigenvalue weighted by atomic mass is 16.4. The van der Waals surface area contributed by atoms with Crippen molar-refractivity contribution in [1.29, 1.82) is 0 Å². The molecule has 122 valence electrons. The first-order valence-corrected chi connectivity index (χ1v) is 8.15. The van der Waals surface area contributed by atoms with Gasteiger partial charge in [-0.25, -0.2) is 5.43 Å². The smallest absolute Gasteiger partial charge is 0.303 e. The van der Waals surface area contributed by atoms with Crippen LogP contribution in [0.1, 0.15) is 58.8 Å². The molecule has 1 saturated carbocycles. The number of unbranched alkanes of at least 4 members (excludes halogenated alkanes) is 2. The first-order chi connectivity index (χ1) is 10.4. The van der Waals surface area contributed by atoms with E-state index in [2.05, 4.69) is 30.5 Å². The van der Waals surface area contributed by atoms with Crippen molar-refractivity contribution in [3.8, 4) is 0 Å². The zero-order chi connectivity index (χ0) is 16.2. The summed E-state index contributed by atoms with van der Waals surface area (Å²) in [6, 6.07) is 0. The molecule has 5 nitrogen and oxygen atoms in total. The van der Waals surface area contributed by atoms with E-state index in [1.165, 1.54) is 12.0 Å². The van der Waals surface area contributed by atoms with Crippen LogP contribution in [0.2, 0.25) is 0 Å². The number of hydrazone groups is 1. The first-order valence-electron chi connectivity index (χ1n) is 8.15. The second kappa shape index (κ2) is 7.07. The van der Waals surface area contributed by atoms with E-state index in [9.17, 15) is 9.59 Å². The minimum absolute atomic E-state index is 0.103. The Hall–Kier alpha value is -1.65. The van der Waals surface area contributed by atoms with Gasteiger partial charge < -0.3 is 5.11 Å². The summed E-state index contributed by atoms with van der Waals surface area (Å²) in [5, 5.41) is 12.6. The van der Waals surface area contributed by atoms with Gasteiger partial charge in [-0.05, 0) is 48.5 Å². The van der Waals surface area contributed by atoms with Crippen molar-refractivity contribution in [2.75, 3.05) is 0 Å². The van der Waals surface area contributed by atoms with E-state index in [1.807, 2.05) is 0 Å². The zero-order valence-electron chi connectivity index (χ0n) is 13.5. The molecule has 0 aliphatic heterocycles. The molecule has 0 aromatic heterocycles. The van der Waals surface area contributed by atoms with Crippen LogP contribution in [0.25, 0.3) is 0 Å². The lowest BCUT2D eigenvalue weighted by Gasteiger charge is -2.55. The minimum atomic E-state index is -0.782. The number of nitrogens with zero attached hydrogens (tertiary/aromatic N) is 1. The van der Waals surface area contributed by atoms with Crippen molar-refractivity contribution in [1.82, 2.24) is 5.43 Å². The van der Waals surface area contributed by atoms with Gasteiger partial charge in [0.05, 0.1) is 6.21 Å². The molecule has 3 aliphatic carbocycles. The Morgan fingerprint density at radius 1 is 1.36 bits per heavy atom. The molecule has 0 aromatic rings. The fourth-order valence-electron chi connectivity index (χ4n) is 3.52. The Morgan fingerprint density at radius 2 is 2.09 bits per heavy atom. The number of hydrogen-bond acceptors (Lipinski definition) is 3. The summed E-state index contributed by atoms with van der Waals surface area (Å²) in [5.41, 5.74) is 4.18. The van der Waals surface area contributed by atoms with Crippen molar-refractivity contribution in [2.24, 2.45) is 22.4 Å². The van der Waals surface area contributed by atoms with E-state index in [4.69, 9.17) is 5.11 Å². The Morgan fingerprint density at radius 3 is 2.73 bits per heavy atom. The van der Waals surface area contributed by atoms with Crippen LogP contribution in [0.5, 0.6) is 0 Å². The molecule has 2 atom stereocenters. The van der Waals surface area contributed by atoms with Crippen LogP contribution in [-0.4, -0.2) is 23.2 Å². The van der Waals surface area contributed by atoms with Crippen LogP contribution in [0, 0.1) is 17.3 Å². The van der Waals surface area contributed by atoms with E-state index < -0.39 is 5.97 Å². The molecule has 1 amide bonds. The molecular weight excluding hydrogens is 280 g/mol. The van der Waals surface area contributed by atoms with Crippen molar-refractivity contribution < 1.29 is 14.7 Å². The number of allylic oxidation sites excluding steroid dienone is 2. The summed E-state index contributed by atoms with van der Waals surface area (Å²) in [4.78, 5) is 22.0. The van der Waals surface area contributed by atoms with Gasteiger partial charge in [-0.2, -0.15) is 5.10 Å². The fraction of sp³-hybridized carbons (Fsp3) is 0.706. The number of carboxylic acids is 1. The topological polar surface area (TPSA) is 78.8 Å². The molecule has 3 aliphatic rings. The molecule has 5 heteroatoms. The zero-order valence-corrected chi connectivity index (χ0v) is 13.5. The van der Waals surface area contributed by atoms with Crippen molar-refractivity contribution >= 4 is 18.1 Å². The normalized spacial score (nSPS) is 25.5. The molecule has 0 saturated heterocycles. The number of fused-ring (bicyclic) bond motifs is 1. The van der Waals surface area contributed by atoms with Gasteiger partial charge in [-0.1, -0.05) is 26.3 Å². The second-order valence-electron chi connectivity index (χ2n) is 6.99. The lowest BCUT2D eigenvalue weighted by molar-refractivity contribution is -0.137. The van der Waals surface area contributed by atoms with Crippen LogP contribution in [-0.2, 0) is 9.59 Å². The third kappa shape index (κ3) is 3.96. The molecule has 0 spiro atoms. The van der Waals surface area contributed by atoms with Crippen LogP contribution >= 0.6 is 0 Å². The number of hydrogen-bond donors (Lipinski definition) is 2. The summed E-state index contributed by atoms with van der Waals surface area (Å²) >= 11 is 0. The Bertz CT molecular complexity index is 494. The van der Waals surface area contributed by atoms with Gasteiger partial charge in [0.2, 0.25) is 5.91 Å². The van der Waals surface area contributed by atoms with E-state index in [1.54, 1.807) is 6.21 Å². The molecule has 0 aromatic carbocycles. The number of carbonyl (C=O) groups excluding carboxylic acids is 1. The average Bonchev–Trinajstić information content (AvgIpc) is 2.46.